The van der Waals surface area contributed by atoms with E-state index in [0.29, 0.717) is 23.7 Å². The minimum atomic E-state index is 0. The van der Waals surface area contributed by atoms with E-state index in [1.807, 2.05) is 0 Å². The number of carbonyl (C=O) groups excluding carboxylic acids is 1. The number of amides is 1. The zero-order valence-corrected chi connectivity index (χ0v) is 11.2. The Labute approximate surface area is 104 Å². The second-order valence-corrected chi connectivity index (χ2v) is 5.40. The summed E-state index contributed by atoms with van der Waals surface area (Å²) in [4.78, 5) is 14.2. The third-order valence-corrected chi connectivity index (χ3v) is 4.21. The summed E-state index contributed by atoms with van der Waals surface area (Å²) in [5.74, 6) is 2.49. The van der Waals surface area contributed by atoms with Crippen LogP contribution in [0.15, 0.2) is 0 Å². The van der Waals surface area contributed by atoms with Crippen molar-refractivity contribution in [2.24, 2.45) is 23.7 Å². The van der Waals surface area contributed by atoms with Gasteiger partial charge in [-0.1, -0.05) is 20.8 Å². The molecule has 4 heteroatoms. The van der Waals surface area contributed by atoms with Crippen LogP contribution in [0.4, 0.5) is 0 Å². The number of carbonyl (C=O) groups is 1. The third-order valence-electron chi connectivity index (χ3n) is 4.21. The number of nitrogens with zero attached hydrogens (tertiary/aromatic N) is 1. The molecule has 16 heavy (non-hydrogen) atoms. The van der Waals surface area contributed by atoms with Crippen LogP contribution in [0.2, 0.25) is 0 Å². The van der Waals surface area contributed by atoms with Crippen LogP contribution in [-0.2, 0) is 4.79 Å². The van der Waals surface area contributed by atoms with Crippen molar-refractivity contribution in [1.29, 1.82) is 0 Å². The van der Waals surface area contributed by atoms with Gasteiger partial charge in [-0.2, -0.15) is 0 Å². The van der Waals surface area contributed by atoms with Gasteiger partial charge in [-0.25, -0.2) is 0 Å². The predicted molar refractivity (Wildman–Crippen MR) is 67.7 cm³/mol. The fraction of sp³-hybridized carbons (Fsp3) is 0.917. The first-order chi connectivity index (χ1) is 7.09. The summed E-state index contributed by atoms with van der Waals surface area (Å²) >= 11 is 0. The van der Waals surface area contributed by atoms with Gasteiger partial charge in [0.2, 0.25) is 5.91 Å². The van der Waals surface area contributed by atoms with E-state index >= 15 is 0 Å². The minimum absolute atomic E-state index is 0. The van der Waals surface area contributed by atoms with Gasteiger partial charge < -0.3 is 10.2 Å². The lowest BCUT2D eigenvalue weighted by atomic mass is 9.88. The molecule has 2 heterocycles. The molecule has 1 N–H and O–H groups in total. The Kier molecular flexibility index (Phi) is 4.62. The van der Waals surface area contributed by atoms with Gasteiger partial charge in [0, 0.05) is 19.0 Å². The largest absolute Gasteiger partial charge is 0.342 e. The van der Waals surface area contributed by atoms with Gasteiger partial charge in [0.05, 0.1) is 0 Å². The molecule has 3 unspecified atom stereocenters. The van der Waals surface area contributed by atoms with Crippen LogP contribution in [0, 0.1) is 23.7 Å². The Morgan fingerprint density at radius 1 is 1.25 bits per heavy atom. The van der Waals surface area contributed by atoms with Gasteiger partial charge in [0.25, 0.3) is 0 Å². The Balaban J connectivity index is 0.00000128. The molecule has 2 fully saturated rings. The number of hydrogen-bond acceptors (Lipinski definition) is 2. The Bertz CT molecular complexity index is 245. The van der Waals surface area contributed by atoms with E-state index in [4.69, 9.17) is 0 Å². The fourth-order valence-electron chi connectivity index (χ4n) is 2.46. The van der Waals surface area contributed by atoms with E-state index in [1.165, 1.54) is 0 Å². The normalized spacial score (nSPS) is 31.8. The molecule has 0 aromatic rings. The molecule has 0 bridgehead atoms. The zero-order valence-electron chi connectivity index (χ0n) is 10.4. The van der Waals surface area contributed by atoms with E-state index in [1.54, 1.807) is 0 Å². The van der Waals surface area contributed by atoms with Crippen molar-refractivity contribution in [2.75, 3.05) is 26.2 Å². The van der Waals surface area contributed by atoms with E-state index in [-0.39, 0.29) is 18.3 Å². The second-order valence-electron chi connectivity index (χ2n) is 5.40. The van der Waals surface area contributed by atoms with Crippen molar-refractivity contribution < 1.29 is 4.79 Å². The fourth-order valence-corrected chi connectivity index (χ4v) is 2.46. The quantitative estimate of drug-likeness (QED) is 0.799. The molecule has 94 valence electrons. The Morgan fingerprint density at radius 3 is 2.12 bits per heavy atom. The molecule has 0 saturated carbocycles. The van der Waals surface area contributed by atoms with E-state index in [2.05, 4.69) is 31.0 Å². The third kappa shape index (κ3) is 2.51. The summed E-state index contributed by atoms with van der Waals surface area (Å²) < 4.78 is 0. The second kappa shape index (κ2) is 5.37. The van der Waals surface area contributed by atoms with Gasteiger partial charge >= 0.3 is 0 Å². The first kappa shape index (κ1) is 13.8. The maximum Gasteiger partial charge on any atom is 0.225 e. The van der Waals surface area contributed by atoms with Gasteiger partial charge in [0.15, 0.2) is 0 Å². The van der Waals surface area contributed by atoms with Crippen LogP contribution in [0.1, 0.15) is 20.8 Å². The predicted octanol–water partition coefficient (Wildman–Crippen LogP) is 1.38. The molecule has 3 atom stereocenters. The molecule has 2 saturated heterocycles. The molecule has 0 aromatic carbocycles. The smallest absolute Gasteiger partial charge is 0.225 e. The molecule has 0 spiro atoms. The topological polar surface area (TPSA) is 32.3 Å². The number of nitrogens with one attached hydrogen (secondary N) is 1. The summed E-state index contributed by atoms with van der Waals surface area (Å²) in [6.45, 7) is 10.5. The van der Waals surface area contributed by atoms with Gasteiger partial charge in [-0.05, 0) is 30.8 Å². The van der Waals surface area contributed by atoms with Crippen LogP contribution in [-0.4, -0.2) is 37.0 Å². The van der Waals surface area contributed by atoms with Gasteiger partial charge in [-0.15, -0.1) is 12.4 Å². The van der Waals surface area contributed by atoms with E-state index < -0.39 is 0 Å². The SMILES string of the molecule is CC1CN(C(=O)C(C)C2CNC2)CC1C.Cl. The molecule has 2 aliphatic heterocycles. The van der Waals surface area contributed by atoms with Crippen molar-refractivity contribution in [3.63, 3.8) is 0 Å². The van der Waals surface area contributed by atoms with Crippen molar-refractivity contribution >= 4 is 18.3 Å². The first-order valence-electron chi connectivity index (χ1n) is 6.09. The highest BCUT2D eigenvalue weighted by Crippen LogP contribution is 2.26. The number of rotatable bonds is 2. The Morgan fingerprint density at radius 2 is 1.75 bits per heavy atom. The van der Waals surface area contributed by atoms with E-state index in [9.17, 15) is 4.79 Å². The number of likely N-dealkylation sites (tertiary alicyclic amines) is 1. The molecule has 2 rings (SSSR count). The molecular formula is C12H23ClN2O. The average molecular weight is 247 g/mol. The van der Waals surface area contributed by atoms with Crippen LogP contribution in [0.25, 0.3) is 0 Å². The molecule has 1 amide bonds. The highest BCUT2D eigenvalue weighted by atomic mass is 35.5. The monoisotopic (exact) mass is 246 g/mol. The van der Waals surface area contributed by atoms with E-state index in [0.717, 1.165) is 26.2 Å². The van der Waals surface area contributed by atoms with Crippen molar-refractivity contribution in [3.05, 3.63) is 0 Å². The molecule has 0 radical (unpaired) electrons. The summed E-state index contributed by atoms with van der Waals surface area (Å²) in [5, 5.41) is 3.23. The van der Waals surface area contributed by atoms with Crippen molar-refractivity contribution in [3.8, 4) is 0 Å². The minimum Gasteiger partial charge on any atom is -0.342 e. The molecule has 0 aliphatic carbocycles. The maximum absolute atomic E-state index is 12.2. The molecular weight excluding hydrogens is 224 g/mol. The van der Waals surface area contributed by atoms with Crippen LogP contribution in [0.5, 0.6) is 0 Å². The zero-order chi connectivity index (χ0) is 11.0. The highest BCUT2D eigenvalue weighted by molar-refractivity contribution is 5.85. The van der Waals surface area contributed by atoms with Crippen molar-refractivity contribution in [1.82, 2.24) is 10.2 Å². The molecule has 3 nitrogen and oxygen atoms in total. The first-order valence-corrected chi connectivity index (χ1v) is 6.09. The van der Waals surface area contributed by atoms with Gasteiger partial charge in [-0.3, -0.25) is 4.79 Å². The van der Waals surface area contributed by atoms with Crippen molar-refractivity contribution in [2.45, 2.75) is 20.8 Å². The highest BCUT2D eigenvalue weighted by Gasteiger charge is 2.35. The average Bonchev–Trinajstić information content (AvgIpc) is 2.43. The summed E-state index contributed by atoms with van der Waals surface area (Å²) in [6.07, 6.45) is 0. The number of hydrogen-bond donors (Lipinski definition) is 1. The summed E-state index contributed by atoms with van der Waals surface area (Å²) in [7, 11) is 0. The summed E-state index contributed by atoms with van der Waals surface area (Å²) in [6, 6.07) is 0. The Hall–Kier alpha value is -0.280. The number of halogens is 1. The molecule has 0 aromatic heterocycles. The van der Waals surface area contributed by atoms with Crippen LogP contribution < -0.4 is 5.32 Å². The molecule has 2 aliphatic rings. The van der Waals surface area contributed by atoms with Gasteiger partial charge in [0.1, 0.15) is 0 Å². The maximum atomic E-state index is 12.2. The lowest BCUT2D eigenvalue weighted by Crippen LogP contribution is -2.50. The van der Waals surface area contributed by atoms with Crippen LogP contribution in [0.3, 0.4) is 0 Å². The lowest BCUT2D eigenvalue weighted by Gasteiger charge is -2.34. The standard InChI is InChI=1S/C12H22N2O.ClH/c1-8-6-14(7-9(8)2)12(15)10(3)11-4-13-5-11;/h8-11,13H,4-7H2,1-3H3;1H. The lowest BCUT2D eigenvalue weighted by molar-refractivity contribution is -0.136. The summed E-state index contributed by atoms with van der Waals surface area (Å²) in [5.41, 5.74) is 0. The van der Waals surface area contributed by atoms with Crippen LogP contribution >= 0.6 is 12.4 Å².